The minimum Gasteiger partial charge on any atom is -0.351 e. The Morgan fingerprint density at radius 1 is 1.32 bits per heavy atom. The molecule has 124 valence electrons. The van der Waals surface area contributed by atoms with Crippen LogP contribution in [0.2, 0.25) is 0 Å². The first-order chi connectivity index (χ1) is 9.75. The standard InChI is InChI=1S/C14H19BrN2O3S.ClH/c1-14(2,13(18)17-11-7-8-16-9-11)21(19,20)12-5-3-10(15)4-6-12;/h3-6,11,16H,7-9H2,1-2H3,(H,17,18);1H. The smallest absolute Gasteiger partial charge is 0.241 e. The van der Waals surface area contributed by atoms with Crippen LogP contribution in [-0.2, 0) is 14.6 Å². The van der Waals surface area contributed by atoms with Crippen LogP contribution >= 0.6 is 28.3 Å². The van der Waals surface area contributed by atoms with Gasteiger partial charge in [0.2, 0.25) is 5.91 Å². The van der Waals surface area contributed by atoms with Crippen LogP contribution in [0.3, 0.4) is 0 Å². The quantitative estimate of drug-likeness (QED) is 0.793. The van der Waals surface area contributed by atoms with Gasteiger partial charge in [-0.2, -0.15) is 0 Å². The normalized spacial score (nSPS) is 18.6. The average molecular weight is 412 g/mol. The molecule has 8 heteroatoms. The molecule has 1 fully saturated rings. The number of amides is 1. The van der Waals surface area contributed by atoms with E-state index < -0.39 is 20.5 Å². The summed E-state index contributed by atoms with van der Waals surface area (Å²) in [6, 6.07) is 6.32. The maximum atomic E-state index is 12.7. The maximum Gasteiger partial charge on any atom is 0.241 e. The lowest BCUT2D eigenvalue weighted by molar-refractivity contribution is -0.123. The molecule has 22 heavy (non-hydrogen) atoms. The monoisotopic (exact) mass is 410 g/mol. The van der Waals surface area contributed by atoms with Gasteiger partial charge in [-0.25, -0.2) is 8.42 Å². The van der Waals surface area contributed by atoms with E-state index in [0.29, 0.717) is 6.54 Å². The molecular formula is C14H20BrClN2O3S. The maximum absolute atomic E-state index is 12.7. The molecule has 1 aromatic carbocycles. The molecule has 1 aliphatic rings. The lowest BCUT2D eigenvalue weighted by atomic mass is 10.1. The van der Waals surface area contributed by atoms with E-state index in [1.165, 1.54) is 26.0 Å². The molecule has 1 aliphatic heterocycles. The number of carbonyl (C=O) groups excluding carboxylic acids is 1. The molecule has 1 aromatic rings. The van der Waals surface area contributed by atoms with Crippen LogP contribution in [0.15, 0.2) is 33.6 Å². The molecule has 1 unspecified atom stereocenters. The number of benzene rings is 1. The van der Waals surface area contributed by atoms with Crippen molar-refractivity contribution >= 4 is 44.1 Å². The summed E-state index contributed by atoms with van der Waals surface area (Å²) in [4.78, 5) is 12.5. The lowest BCUT2D eigenvalue weighted by Crippen LogP contribution is -2.51. The Morgan fingerprint density at radius 2 is 1.91 bits per heavy atom. The summed E-state index contributed by atoms with van der Waals surface area (Å²) >= 11 is 3.27. The van der Waals surface area contributed by atoms with Crippen molar-refractivity contribution in [3.8, 4) is 0 Å². The summed E-state index contributed by atoms with van der Waals surface area (Å²) < 4.78 is 24.7. The van der Waals surface area contributed by atoms with E-state index in [0.717, 1.165) is 17.4 Å². The molecule has 2 rings (SSSR count). The van der Waals surface area contributed by atoms with E-state index in [9.17, 15) is 13.2 Å². The summed E-state index contributed by atoms with van der Waals surface area (Å²) in [6.45, 7) is 4.41. The molecule has 5 nitrogen and oxygen atoms in total. The number of nitrogens with one attached hydrogen (secondary N) is 2. The van der Waals surface area contributed by atoms with E-state index >= 15 is 0 Å². The zero-order valence-electron chi connectivity index (χ0n) is 12.4. The van der Waals surface area contributed by atoms with Gasteiger partial charge in [-0.15, -0.1) is 12.4 Å². The molecule has 0 saturated carbocycles. The second-order valence-electron chi connectivity index (χ2n) is 5.63. The van der Waals surface area contributed by atoms with Crippen molar-refractivity contribution in [2.75, 3.05) is 13.1 Å². The van der Waals surface area contributed by atoms with Crippen LogP contribution in [-0.4, -0.2) is 38.2 Å². The minimum absolute atomic E-state index is 0. The second kappa shape index (κ2) is 7.29. The molecule has 0 aliphatic carbocycles. The summed E-state index contributed by atoms with van der Waals surface area (Å²) in [6.07, 6.45) is 0.820. The van der Waals surface area contributed by atoms with Gasteiger partial charge in [0, 0.05) is 17.1 Å². The van der Waals surface area contributed by atoms with Crippen molar-refractivity contribution in [1.29, 1.82) is 0 Å². The highest BCUT2D eigenvalue weighted by Gasteiger charge is 2.43. The zero-order chi connectivity index (χ0) is 15.7. The summed E-state index contributed by atoms with van der Waals surface area (Å²) in [5, 5.41) is 5.95. The van der Waals surface area contributed by atoms with E-state index in [4.69, 9.17) is 0 Å². The van der Waals surface area contributed by atoms with Crippen molar-refractivity contribution in [2.45, 2.75) is 36.0 Å². The number of hydrogen-bond acceptors (Lipinski definition) is 4. The van der Waals surface area contributed by atoms with Crippen LogP contribution in [0.1, 0.15) is 20.3 Å². The van der Waals surface area contributed by atoms with Gasteiger partial charge in [-0.05, 0) is 51.1 Å². The summed E-state index contributed by atoms with van der Waals surface area (Å²) in [7, 11) is -3.75. The number of carbonyl (C=O) groups is 1. The van der Waals surface area contributed by atoms with E-state index in [-0.39, 0.29) is 23.3 Å². The van der Waals surface area contributed by atoms with Crippen molar-refractivity contribution in [2.24, 2.45) is 0 Å². The first-order valence-electron chi connectivity index (χ1n) is 6.77. The fourth-order valence-electron chi connectivity index (χ4n) is 2.17. The number of sulfone groups is 1. The van der Waals surface area contributed by atoms with Crippen molar-refractivity contribution < 1.29 is 13.2 Å². The van der Waals surface area contributed by atoms with Crippen LogP contribution in [0.25, 0.3) is 0 Å². The largest absolute Gasteiger partial charge is 0.351 e. The highest BCUT2D eigenvalue weighted by molar-refractivity contribution is 9.10. The van der Waals surface area contributed by atoms with Gasteiger partial charge in [-0.3, -0.25) is 4.79 Å². The Bertz CT molecular complexity index is 626. The predicted molar refractivity (Wildman–Crippen MR) is 92.1 cm³/mol. The molecule has 0 radical (unpaired) electrons. The van der Waals surface area contributed by atoms with Crippen molar-refractivity contribution in [3.63, 3.8) is 0 Å². The summed E-state index contributed by atoms with van der Waals surface area (Å²) in [5.41, 5.74) is 0. The van der Waals surface area contributed by atoms with Crippen LogP contribution in [0.4, 0.5) is 0 Å². The molecule has 0 aromatic heterocycles. The van der Waals surface area contributed by atoms with E-state index in [2.05, 4.69) is 26.6 Å². The SMILES string of the molecule is CC(C)(C(=O)NC1CCNC1)S(=O)(=O)c1ccc(Br)cc1.Cl. The van der Waals surface area contributed by atoms with Gasteiger partial charge in [-0.1, -0.05) is 15.9 Å². The van der Waals surface area contributed by atoms with Gasteiger partial charge >= 0.3 is 0 Å². The minimum atomic E-state index is -3.75. The molecule has 1 atom stereocenters. The average Bonchev–Trinajstić information content (AvgIpc) is 2.91. The van der Waals surface area contributed by atoms with Gasteiger partial charge in [0.1, 0.15) is 4.75 Å². The van der Waals surface area contributed by atoms with Gasteiger partial charge in [0.05, 0.1) is 4.90 Å². The van der Waals surface area contributed by atoms with Crippen LogP contribution < -0.4 is 10.6 Å². The molecule has 1 saturated heterocycles. The fourth-order valence-corrected chi connectivity index (χ4v) is 3.82. The van der Waals surface area contributed by atoms with Gasteiger partial charge < -0.3 is 10.6 Å². The Hall–Kier alpha value is -0.630. The number of halogens is 2. The molecular weight excluding hydrogens is 392 g/mol. The molecule has 2 N–H and O–H groups in total. The fraction of sp³-hybridized carbons (Fsp3) is 0.500. The first kappa shape index (κ1) is 19.4. The number of hydrogen-bond donors (Lipinski definition) is 2. The third kappa shape index (κ3) is 3.82. The zero-order valence-corrected chi connectivity index (χ0v) is 15.6. The lowest BCUT2D eigenvalue weighted by Gasteiger charge is -2.25. The first-order valence-corrected chi connectivity index (χ1v) is 9.04. The highest BCUT2D eigenvalue weighted by atomic mass is 79.9. The van der Waals surface area contributed by atoms with Crippen molar-refractivity contribution in [3.05, 3.63) is 28.7 Å². The Kier molecular flexibility index (Phi) is 6.44. The Morgan fingerprint density at radius 3 is 2.41 bits per heavy atom. The third-order valence-corrected chi connectivity index (χ3v) is 6.69. The molecule has 0 bridgehead atoms. The van der Waals surface area contributed by atoms with E-state index in [1.54, 1.807) is 12.1 Å². The third-order valence-electron chi connectivity index (χ3n) is 3.74. The molecule has 1 amide bonds. The Labute approximate surface area is 145 Å². The van der Waals surface area contributed by atoms with Gasteiger partial charge in [0.25, 0.3) is 0 Å². The van der Waals surface area contributed by atoms with Crippen molar-refractivity contribution in [1.82, 2.24) is 10.6 Å². The summed E-state index contributed by atoms with van der Waals surface area (Å²) in [5.74, 6) is -0.459. The van der Waals surface area contributed by atoms with E-state index in [1.807, 2.05) is 0 Å². The van der Waals surface area contributed by atoms with Crippen LogP contribution in [0.5, 0.6) is 0 Å². The van der Waals surface area contributed by atoms with Crippen LogP contribution in [0, 0.1) is 0 Å². The Balaban J connectivity index is 0.00000242. The predicted octanol–water partition coefficient (Wildman–Crippen LogP) is 1.90. The topological polar surface area (TPSA) is 75.3 Å². The molecule has 0 spiro atoms. The number of rotatable bonds is 4. The molecule has 1 heterocycles. The highest BCUT2D eigenvalue weighted by Crippen LogP contribution is 2.27. The van der Waals surface area contributed by atoms with Gasteiger partial charge in [0.15, 0.2) is 9.84 Å². The second-order valence-corrected chi connectivity index (χ2v) is 9.05.